The van der Waals surface area contributed by atoms with Crippen molar-refractivity contribution in [1.29, 1.82) is 0 Å². The second-order valence-electron chi connectivity index (χ2n) is 2.91. The lowest BCUT2D eigenvalue weighted by Crippen LogP contribution is -2.50. The van der Waals surface area contributed by atoms with Gasteiger partial charge in [0.25, 0.3) is 10.2 Å². The molecule has 4 N–H and O–H groups in total. The van der Waals surface area contributed by atoms with E-state index in [4.69, 9.17) is 15.4 Å². The molecule has 0 unspecified atom stereocenters. The van der Waals surface area contributed by atoms with Gasteiger partial charge in [-0.1, -0.05) is 0 Å². The summed E-state index contributed by atoms with van der Waals surface area (Å²) in [5, 5.41) is 23.0. The molecule has 0 aromatic rings. The molecule has 0 aromatic heterocycles. The summed E-state index contributed by atoms with van der Waals surface area (Å²) in [4.78, 5) is 0. The number of nitrogens with zero attached hydrogens (tertiary/aromatic N) is 1. The Morgan fingerprint density at radius 3 is 2.00 bits per heavy atom. The van der Waals surface area contributed by atoms with Gasteiger partial charge in [0, 0.05) is 19.5 Å². The molecule has 0 saturated carbocycles. The van der Waals surface area contributed by atoms with Crippen molar-refractivity contribution in [3.63, 3.8) is 0 Å². The first-order chi connectivity index (χ1) is 5.39. The van der Waals surface area contributed by atoms with E-state index in [-0.39, 0.29) is 19.5 Å². The lowest BCUT2D eigenvalue weighted by molar-refractivity contribution is 0.0213. The average molecular weight is 196 g/mol. The third-order valence-electron chi connectivity index (χ3n) is 1.73. The highest BCUT2D eigenvalue weighted by molar-refractivity contribution is 7.86. The minimum Gasteiger partial charge on any atom is -0.392 e. The average Bonchev–Trinajstić information content (AvgIpc) is 1.82. The van der Waals surface area contributed by atoms with Crippen LogP contribution in [0.2, 0.25) is 0 Å². The Balaban J connectivity index is 2.68. The second-order valence-corrected chi connectivity index (χ2v) is 4.45. The summed E-state index contributed by atoms with van der Waals surface area (Å²) in [5.41, 5.74) is 0. The lowest BCUT2D eigenvalue weighted by Gasteiger charge is -2.30. The summed E-state index contributed by atoms with van der Waals surface area (Å²) < 4.78 is 22.4. The van der Waals surface area contributed by atoms with Crippen molar-refractivity contribution in [3.05, 3.63) is 0 Å². The summed E-state index contributed by atoms with van der Waals surface area (Å²) >= 11 is 0. The molecule has 6 nitrogen and oxygen atoms in total. The predicted octanol–water partition coefficient (Wildman–Crippen LogP) is -2.38. The van der Waals surface area contributed by atoms with Crippen LogP contribution >= 0.6 is 0 Å². The predicted molar refractivity (Wildman–Crippen MR) is 41.3 cm³/mol. The van der Waals surface area contributed by atoms with E-state index in [0.29, 0.717) is 0 Å². The van der Waals surface area contributed by atoms with Crippen LogP contribution in [0.1, 0.15) is 6.42 Å². The molecule has 1 rings (SSSR count). The smallest absolute Gasteiger partial charge is 0.277 e. The van der Waals surface area contributed by atoms with Crippen LogP contribution in [0, 0.1) is 0 Å². The summed E-state index contributed by atoms with van der Waals surface area (Å²) in [7, 11) is -3.78. The summed E-state index contributed by atoms with van der Waals surface area (Å²) in [5.74, 6) is 0. The van der Waals surface area contributed by atoms with E-state index >= 15 is 0 Å². The maximum Gasteiger partial charge on any atom is 0.277 e. The molecule has 72 valence electrons. The number of hydrogen-bond donors (Lipinski definition) is 3. The van der Waals surface area contributed by atoms with Crippen molar-refractivity contribution in [1.82, 2.24) is 4.31 Å². The molecule has 0 bridgehead atoms. The van der Waals surface area contributed by atoms with Gasteiger partial charge < -0.3 is 10.2 Å². The maximum atomic E-state index is 10.8. The van der Waals surface area contributed by atoms with Crippen LogP contribution in [-0.4, -0.2) is 48.2 Å². The van der Waals surface area contributed by atoms with Crippen LogP contribution < -0.4 is 5.14 Å². The molecule has 7 heteroatoms. The summed E-state index contributed by atoms with van der Waals surface area (Å²) in [6.07, 6.45) is -1.45. The van der Waals surface area contributed by atoms with Gasteiger partial charge in [-0.2, -0.15) is 12.7 Å². The molecular weight excluding hydrogens is 184 g/mol. The Hall–Kier alpha value is -0.210. The number of aliphatic hydroxyl groups excluding tert-OH is 2. The van der Waals surface area contributed by atoms with E-state index < -0.39 is 22.4 Å². The highest BCUT2D eigenvalue weighted by Crippen LogP contribution is 2.12. The Morgan fingerprint density at radius 1 is 1.25 bits per heavy atom. The highest BCUT2D eigenvalue weighted by Gasteiger charge is 2.29. The van der Waals surface area contributed by atoms with Crippen molar-refractivity contribution in [3.8, 4) is 0 Å². The third-order valence-corrected chi connectivity index (χ3v) is 2.75. The summed E-state index contributed by atoms with van der Waals surface area (Å²) in [6.45, 7) is -0.0637. The van der Waals surface area contributed by atoms with E-state index in [1.807, 2.05) is 0 Å². The Bertz CT molecular complexity index is 242. The van der Waals surface area contributed by atoms with E-state index in [9.17, 15) is 8.42 Å². The van der Waals surface area contributed by atoms with Crippen LogP contribution in [0.25, 0.3) is 0 Å². The fourth-order valence-corrected chi connectivity index (χ4v) is 1.98. The van der Waals surface area contributed by atoms with Crippen molar-refractivity contribution >= 4 is 10.2 Å². The van der Waals surface area contributed by atoms with Crippen LogP contribution in [0.4, 0.5) is 0 Å². The third kappa shape index (κ3) is 2.39. The van der Waals surface area contributed by atoms with Gasteiger partial charge in [-0.3, -0.25) is 0 Å². The zero-order chi connectivity index (χ0) is 9.35. The molecule has 0 aromatic carbocycles. The zero-order valence-corrected chi connectivity index (χ0v) is 7.24. The van der Waals surface area contributed by atoms with E-state index in [2.05, 4.69) is 0 Å². The molecule has 0 radical (unpaired) electrons. The van der Waals surface area contributed by atoms with Gasteiger partial charge in [0.15, 0.2) is 0 Å². The fourth-order valence-electron chi connectivity index (χ4n) is 1.22. The summed E-state index contributed by atoms with van der Waals surface area (Å²) in [6, 6.07) is 0. The van der Waals surface area contributed by atoms with Gasteiger partial charge in [0.1, 0.15) is 0 Å². The van der Waals surface area contributed by atoms with Crippen LogP contribution in [-0.2, 0) is 10.2 Å². The highest BCUT2D eigenvalue weighted by atomic mass is 32.2. The SMILES string of the molecule is NS(=O)(=O)N1C[C@H](O)C[C@H](O)C1. The van der Waals surface area contributed by atoms with Gasteiger partial charge in [0.2, 0.25) is 0 Å². The quantitative estimate of drug-likeness (QED) is 0.435. The van der Waals surface area contributed by atoms with Gasteiger partial charge in [0.05, 0.1) is 12.2 Å². The second kappa shape index (κ2) is 3.27. The maximum absolute atomic E-state index is 10.8. The minimum atomic E-state index is -3.78. The minimum absolute atomic E-state index is 0.0319. The fraction of sp³-hybridized carbons (Fsp3) is 1.00. The first-order valence-corrected chi connectivity index (χ1v) is 5.04. The number of aliphatic hydroxyl groups is 2. The first-order valence-electron chi connectivity index (χ1n) is 3.53. The van der Waals surface area contributed by atoms with Crippen molar-refractivity contribution in [2.24, 2.45) is 5.14 Å². The van der Waals surface area contributed by atoms with Crippen LogP contribution in [0.5, 0.6) is 0 Å². The van der Waals surface area contributed by atoms with Crippen LogP contribution in [0.3, 0.4) is 0 Å². The van der Waals surface area contributed by atoms with Gasteiger partial charge in [-0.15, -0.1) is 0 Å². The molecule has 1 aliphatic rings. The number of piperidine rings is 1. The van der Waals surface area contributed by atoms with E-state index in [1.165, 1.54) is 0 Å². The molecule has 1 heterocycles. The van der Waals surface area contributed by atoms with Crippen molar-refractivity contribution in [2.75, 3.05) is 13.1 Å². The lowest BCUT2D eigenvalue weighted by atomic mass is 10.1. The topological polar surface area (TPSA) is 104 Å². The van der Waals surface area contributed by atoms with Gasteiger partial charge in [-0.05, 0) is 0 Å². The first kappa shape index (κ1) is 9.87. The number of β-amino-alcohol motifs (C(OH)–C–C–N with tert-alkyl or cyclic N) is 2. The van der Waals surface area contributed by atoms with E-state index in [1.54, 1.807) is 0 Å². The molecule has 0 aliphatic carbocycles. The van der Waals surface area contributed by atoms with Gasteiger partial charge >= 0.3 is 0 Å². The molecule has 2 atom stereocenters. The van der Waals surface area contributed by atoms with Crippen LogP contribution in [0.15, 0.2) is 0 Å². The Kier molecular flexibility index (Phi) is 2.69. The van der Waals surface area contributed by atoms with Crippen molar-refractivity contribution < 1.29 is 18.6 Å². The van der Waals surface area contributed by atoms with Gasteiger partial charge in [-0.25, -0.2) is 5.14 Å². The number of rotatable bonds is 1. The number of nitrogens with two attached hydrogens (primary N) is 1. The number of hydrogen-bond acceptors (Lipinski definition) is 4. The molecule has 0 amide bonds. The van der Waals surface area contributed by atoms with Crippen molar-refractivity contribution in [2.45, 2.75) is 18.6 Å². The largest absolute Gasteiger partial charge is 0.392 e. The molecule has 1 saturated heterocycles. The molecule has 0 spiro atoms. The monoisotopic (exact) mass is 196 g/mol. The zero-order valence-electron chi connectivity index (χ0n) is 6.42. The van der Waals surface area contributed by atoms with E-state index in [0.717, 1.165) is 4.31 Å². The Labute approximate surface area is 70.8 Å². The molecule has 1 fully saturated rings. The standard InChI is InChI=1S/C5H12N2O4S/c6-12(10,11)7-2-4(8)1-5(9)3-7/h4-5,8-9H,1-3H2,(H2,6,10,11)/t4-,5+. The normalized spacial score (nSPS) is 33.6. The molecule has 1 aliphatic heterocycles. The molecule has 12 heavy (non-hydrogen) atoms. The molecular formula is C5H12N2O4S. The Morgan fingerprint density at radius 2 is 1.67 bits per heavy atom.